The molecule has 0 amide bonds. The van der Waals surface area contributed by atoms with E-state index in [1.165, 1.54) is 7.11 Å². The van der Waals surface area contributed by atoms with Gasteiger partial charge in [0.1, 0.15) is 0 Å². The number of aryl methyl sites for hydroxylation is 2. The van der Waals surface area contributed by atoms with E-state index < -0.39 is 11.9 Å². The van der Waals surface area contributed by atoms with Crippen LogP contribution in [0, 0.1) is 6.92 Å². The SMILES string of the molecule is COC(=O)c1cc(C)ccc1CCC(=O)O. The van der Waals surface area contributed by atoms with Gasteiger partial charge in [0.25, 0.3) is 0 Å². The Bertz CT molecular complexity index is 409. The van der Waals surface area contributed by atoms with Crippen LogP contribution in [0.4, 0.5) is 0 Å². The van der Waals surface area contributed by atoms with E-state index in [0.29, 0.717) is 17.5 Å². The number of rotatable bonds is 4. The third-order valence-electron chi connectivity index (χ3n) is 2.28. The predicted molar refractivity (Wildman–Crippen MR) is 58.5 cm³/mol. The zero-order chi connectivity index (χ0) is 12.1. The minimum atomic E-state index is -0.878. The smallest absolute Gasteiger partial charge is 0.338 e. The van der Waals surface area contributed by atoms with Crippen LogP contribution in [-0.4, -0.2) is 24.2 Å². The molecule has 0 aliphatic heterocycles. The van der Waals surface area contributed by atoms with Crippen molar-refractivity contribution in [1.82, 2.24) is 0 Å². The summed E-state index contributed by atoms with van der Waals surface area (Å²) in [5.74, 6) is -1.31. The van der Waals surface area contributed by atoms with Crippen LogP contribution in [-0.2, 0) is 16.0 Å². The van der Waals surface area contributed by atoms with E-state index in [0.717, 1.165) is 5.56 Å². The maximum atomic E-state index is 11.5. The first kappa shape index (κ1) is 12.2. The molecule has 0 aromatic heterocycles. The third-order valence-corrected chi connectivity index (χ3v) is 2.28. The van der Waals surface area contributed by atoms with Crippen LogP contribution in [0.5, 0.6) is 0 Å². The van der Waals surface area contributed by atoms with Crippen molar-refractivity contribution in [1.29, 1.82) is 0 Å². The van der Waals surface area contributed by atoms with E-state index >= 15 is 0 Å². The van der Waals surface area contributed by atoms with Crippen LogP contribution < -0.4 is 0 Å². The largest absolute Gasteiger partial charge is 0.481 e. The summed E-state index contributed by atoms with van der Waals surface area (Å²) in [6, 6.07) is 5.33. The number of benzene rings is 1. The van der Waals surface area contributed by atoms with Crippen LogP contribution >= 0.6 is 0 Å². The van der Waals surface area contributed by atoms with E-state index in [-0.39, 0.29) is 6.42 Å². The molecule has 0 fully saturated rings. The fourth-order valence-electron chi connectivity index (χ4n) is 1.45. The van der Waals surface area contributed by atoms with Gasteiger partial charge in [-0.1, -0.05) is 17.7 Å². The zero-order valence-electron chi connectivity index (χ0n) is 9.32. The number of carboxylic acids is 1. The summed E-state index contributed by atoms with van der Waals surface area (Å²) in [4.78, 5) is 21.9. The summed E-state index contributed by atoms with van der Waals surface area (Å²) in [6.45, 7) is 1.87. The van der Waals surface area contributed by atoms with E-state index in [4.69, 9.17) is 5.11 Å². The van der Waals surface area contributed by atoms with Crippen molar-refractivity contribution in [2.75, 3.05) is 7.11 Å². The molecule has 0 saturated carbocycles. The lowest BCUT2D eigenvalue weighted by molar-refractivity contribution is -0.136. The second-order valence-electron chi connectivity index (χ2n) is 3.55. The summed E-state index contributed by atoms with van der Waals surface area (Å²) >= 11 is 0. The summed E-state index contributed by atoms with van der Waals surface area (Å²) in [7, 11) is 1.31. The number of carbonyl (C=O) groups excluding carboxylic acids is 1. The highest BCUT2D eigenvalue weighted by Crippen LogP contribution is 2.15. The van der Waals surface area contributed by atoms with E-state index in [1.807, 2.05) is 13.0 Å². The summed E-state index contributed by atoms with van der Waals surface area (Å²) in [6.07, 6.45) is 0.340. The quantitative estimate of drug-likeness (QED) is 0.789. The van der Waals surface area contributed by atoms with Crippen molar-refractivity contribution >= 4 is 11.9 Å². The highest BCUT2D eigenvalue weighted by molar-refractivity contribution is 5.91. The fraction of sp³-hybridized carbons (Fsp3) is 0.333. The average Bonchev–Trinajstić information content (AvgIpc) is 2.26. The first-order valence-corrected chi connectivity index (χ1v) is 4.94. The topological polar surface area (TPSA) is 63.6 Å². The number of ether oxygens (including phenoxy) is 1. The van der Waals surface area contributed by atoms with Crippen LogP contribution in [0.15, 0.2) is 18.2 Å². The van der Waals surface area contributed by atoms with Gasteiger partial charge < -0.3 is 9.84 Å². The Morgan fingerprint density at radius 3 is 2.62 bits per heavy atom. The summed E-state index contributed by atoms with van der Waals surface area (Å²) in [5.41, 5.74) is 2.10. The molecule has 0 radical (unpaired) electrons. The second-order valence-corrected chi connectivity index (χ2v) is 3.55. The minimum absolute atomic E-state index is 0.00700. The Kier molecular flexibility index (Phi) is 4.05. The van der Waals surface area contributed by atoms with Gasteiger partial charge in [-0.3, -0.25) is 4.79 Å². The van der Waals surface area contributed by atoms with Gasteiger partial charge in [0.2, 0.25) is 0 Å². The molecule has 86 valence electrons. The van der Waals surface area contributed by atoms with Crippen LogP contribution in [0.3, 0.4) is 0 Å². The number of hydrogen-bond acceptors (Lipinski definition) is 3. The number of esters is 1. The van der Waals surface area contributed by atoms with Gasteiger partial charge in [-0.15, -0.1) is 0 Å². The highest BCUT2D eigenvalue weighted by Gasteiger charge is 2.12. The molecule has 4 nitrogen and oxygen atoms in total. The molecule has 0 unspecified atom stereocenters. The van der Waals surface area contributed by atoms with E-state index in [2.05, 4.69) is 4.74 Å². The van der Waals surface area contributed by atoms with Crippen molar-refractivity contribution in [3.05, 3.63) is 34.9 Å². The van der Waals surface area contributed by atoms with Crippen molar-refractivity contribution in [3.63, 3.8) is 0 Å². The summed E-state index contributed by atoms with van der Waals surface area (Å²) in [5, 5.41) is 8.60. The molecule has 16 heavy (non-hydrogen) atoms. The van der Waals surface area contributed by atoms with Gasteiger partial charge in [0.15, 0.2) is 0 Å². The van der Waals surface area contributed by atoms with Gasteiger partial charge >= 0.3 is 11.9 Å². The molecule has 0 aliphatic carbocycles. The number of methoxy groups -OCH3 is 1. The normalized spacial score (nSPS) is 9.88. The first-order chi connectivity index (χ1) is 7.54. The number of aliphatic carboxylic acids is 1. The molecule has 4 heteroatoms. The van der Waals surface area contributed by atoms with Gasteiger partial charge in [-0.25, -0.2) is 4.79 Å². The Labute approximate surface area is 93.9 Å². The Morgan fingerprint density at radius 2 is 2.06 bits per heavy atom. The minimum Gasteiger partial charge on any atom is -0.481 e. The Balaban J connectivity index is 2.98. The average molecular weight is 222 g/mol. The van der Waals surface area contributed by atoms with Gasteiger partial charge in [0.05, 0.1) is 12.7 Å². The van der Waals surface area contributed by atoms with Crippen molar-refractivity contribution in [2.24, 2.45) is 0 Å². The number of carboxylic acid groups (broad SMARTS) is 1. The molecule has 1 rings (SSSR count). The Morgan fingerprint density at radius 1 is 1.38 bits per heavy atom. The van der Waals surface area contributed by atoms with Gasteiger partial charge in [0, 0.05) is 6.42 Å². The molecular formula is C12H14O4. The zero-order valence-corrected chi connectivity index (χ0v) is 9.32. The van der Waals surface area contributed by atoms with Crippen LogP contribution in [0.25, 0.3) is 0 Å². The number of carbonyl (C=O) groups is 2. The molecule has 0 spiro atoms. The molecule has 0 aliphatic rings. The molecule has 0 bridgehead atoms. The molecule has 1 N–H and O–H groups in total. The lowest BCUT2D eigenvalue weighted by atomic mass is 10.0. The van der Waals surface area contributed by atoms with Crippen molar-refractivity contribution < 1.29 is 19.4 Å². The first-order valence-electron chi connectivity index (χ1n) is 4.94. The second kappa shape index (κ2) is 5.30. The molecule has 1 aromatic carbocycles. The van der Waals surface area contributed by atoms with Crippen LogP contribution in [0.2, 0.25) is 0 Å². The standard InChI is InChI=1S/C12H14O4/c1-8-3-4-9(5-6-11(13)14)10(7-8)12(15)16-2/h3-4,7H,5-6H2,1-2H3,(H,13,14). The number of hydrogen-bond donors (Lipinski definition) is 1. The third kappa shape index (κ3) is 3.08. The maximum Gasteiger partial charge on any atom is 0.338 e. The van der Waals surface area contributed by atoms with Crippen molar-refractivity contribution in [2.45, 2.75) is 19.8 Å². The Hall–Kier alpha value is -1.84. The molecular weight excluding hydrogens is 208 g/mol. The highest BCUT2D eigenvalue weighted by atomic mass is 16.5. The van der Waals surface area contributed by atoms with Crippen molar-refractivity contribution in [3.8, 4) is 0 Å². The summed E-state index contributed by atoms with van der Waals surface area (Å²) < 4.78 is 4.65. The molecule has 1 aromatic rings. The van der Waals surface area contributed by atoms with E-state index in [1.54, 1.807) is 12.1 Å². The molecule has 0 heterocycles. The van der Waals surface area contributed by atoms with Crippen LogP contribution in [0.1, 0.15) is 27.9 Å². The maximum absolute atomic E-state index is 11.5. The lowest BCUT2D eigenvalue weighted by Gasteiger charge is -2.07. The fourth-order valence-corrected chi connectivity index (χ4v) is 1.45. The van der Waals surface area contributed by atoms with Gasteiger partial charge in [-0.2, -0.15) is 0 Å². The van der Waals surface area contributed by atoms with Gasteiger partial charge in [-0.05, 0) is 25.0 Å². The molecule has 0 atom stereocenters. The molecule has 0 saturated heterocycles. The lowest BCUT2D eigenvalue weighted by Crippen LogP contribution is -2.08. The predicted octanol–water partition coefficient (Wildman–Crippen LogP) is 1.80. The van der Waals surface area contributed by atoms with E-state index in [9.17, 15) is 9.59 Å². The monoisotopic (exact) mass is 222 g/mol.